The van der Waals surface area contributed by atoms with Gasteiger partial charge in [-0.2, -0.15) is 0 Å². The Labute approximate surface area is 123 Å². The molecule has 1 atom stereocenters. The maximum atomic E-state index is 13.5. The summed E-state index contributed by atoms with van der Waals surface area (Å²) in [6.45, 7) is 0. The molecule has 1 aromatic carbocycles. The topological polar surface area (TPSA) is 0 Å². The molecule has 0 bridgehead atoms. The molecule has 1 aromatic heterocycles. The number of thiophene rings is 1. The number of alkyl halides is 1. The SMILES string of the molecule is Fc1ccc(F)c(C(Cl)c2cc(Br)c(Br)s2)c1. The molecule has 90 valence electrons. The standard InChI is InChI=1S/C11H5Br2ClF2S/c12-7-4-9(17-11(7)13)10(14)6-3-5(15)1-2-8(6)16/h1-4,10H. The fraction of sp³-hybridized carbons (Fsp3) is 0.0909. The first-order valence-corrected chi connectivity index (χ1v) is 7.36. The van der Waals surface area contributed by atoms with Crippen molar-refractivity contribution in [3.8, 4) is 0 Å². The minimum absolute atomic E-state index is 0.146. The van der Waals surface area contributed by atoms with Crippen molar-refractivity contribution in [2.24, 2.45) is 0 Å². The van der Waals surface area contributed by atoms with Crippen molar-refractivity contribution in [3.05, 3.63) is 54.6 Å². The van der Waals surface area contributed by atoms with Gasteiger partial charge in [0.1, 0.15) is 11.6 Å². The summed E-state index contributed by atoms with van der Waals surface area (Å²) >= 11 is 14.2. The van der Waals surface area contributed by atoms with E-state index in [1.54, 1.807) is 6.07 Å². The van der Waals surface area contributed by atoms with E-state index in [-0.39, 0.29) is 5.56 Å². The van der Waals surface area contributed by atoms with E-state index < -0.39 is 17.0 Å². The van der Waals surface area contributed by atoms with Crippen molar-refractivity contribution < 1.29 is 8.78 Å². The van der Waals surface area contributed by atoms with Gasteiger partial charge in [-0.25, -0.2) is 8.78 Å². The van der Waals surface area contributed by atoms with Crippen molar-refractivity contribution in [3.63, 3.8) is 0 Å². The van der Waals surface area contributed by atoms with Gasteiger partial charge in [0.15, 0.2) is 0 Å². The fourth-order valence-electron chi connectivity index (χ4n) is 1.35. The van der Waals surface area contributed by atoms with E-state index in [2.05, 4.69) is 31.9 Å². The van der Waals surface area contributed by atoms with E-state index in [1.807, 2.05) is 0 Å². The lowest BCUT2D eigenvalue weighted by Crippen LogP contribution is -1.95. The molecule has 6 heteroatoms. The average molecular weight is 402 g/mol. The summed E-state index contributed by atoms with van der Waals surface area (Å²) in [6.07, 6.45) is 0. The molecular formula is C11H5Br2ClF2S. The Balaban J connectivity index is 2.42. The van der Waals surface area contributed by atoms with Crippen LogP contribution in [0.15, 0.2) is 32.5 Å². The van der Waals surface area contributed by atoms with Gasteiger partial charge in [-0.15, -0.1) is 22.9 Å². The summed E-state index contributed by atoms with van der Waals surface area (Å²) in [6, 6.07) is 5.06. The van der Waals surface area contributed by atoms with Crippen molar-refractivity contribution in [1.82, 2.24) is 0 Å². The zero-order valence-corrected chi connectivity index (χ0v) is 12.9. The minimum Gasteiger partial charge on any atom is -0.207 e. The molecule has 0 saturated carbocycles. The molecule has 1 heterocycles. The number of hydrogen-bond acceptors (Lipinski definition) is 1. The van der Waals surface area contributed by atoms with Crippen LogP contribution in [0.2, 0.25) is 0 Å². The summed E-state index contributed by atoms with van der Waals surface area (Å²) in [4.78, 5) is 0.745. The lowest BCUT2D eigenvalue weighted by Gasteiger charge is -2.08. The quantitative estimate of drug-likeness (QED) is 0.551. The van der Waals surface area contributed by atoms with Crippen molar-refractivity contribution in [1.29, 1.82) is 0 Å². The van der Waals surface area contributed by atoms with Crippen LogP contribution in [-0.4, -0.2) is 0 Å². The first-order chi connectivity index (χ1) is 7.99. The highest BCUT2D eigenvalue weighted by Gasteiger charge is 2.19. The average Bonchev–Trinajstić information content (AvgIpc) is 2.62. The highest BCUT2D eigenvalue weighted by atomic mass is 79.9. The van der Waals surface area contributed by atoms with Crippen LogP contribution in [-0.2, 0) is 0 Å². The van der Waals surface area contributed by atoms with Crippen LogP contribution in [0.3, 0.4) is 0 Å². The van der Waals surface area contributed by atoms with E-state index in [0.29, 0.717) is 0 Å². The van der Waals surface area contributed by atoms with Gasteiger partial charge in [-0.3, -0.25) is 0 Å². The molecule has 0 amide bonds. The lowest BCUT2D eigenvalue weighted by atomic mass is 10.1. The summed E-state index contributed by atoms with van der Waals surface area (Å²) in [5, 5.41) is -0.696. The van der Waals surface area contributed by atoms with Crippen molar-refractivity contribution in [2.75, 3.05) is 0 Å². The molecule has 1 unspecified atom stereocenters. The Bertz CT molecular complexity index is 537. The molecule has 0 nitrogen and oxygen atoms in total. The smallest absolute Gasteiger partial charge is 0.128 e. The Morgan fingerprint density at radius 2 is 1.88 bits per heavy atom. The third kappa shape index (κ3) is 2.89. The lowest BCUT2D eigenvalue weighted by molar-refractivity contribution is 0.587. The zero-order chi connectivity index (χ0) is 12.6. The third-order valence-electron chi connectivity index (χ3n) is 2.15. The van der Waals surface area contributed by atoms with Gasteiger partial charge in [0.25, 0.3) is 0 Å². The molecule has 0 N–H and O–H groups in total. The Morgan fingerprint density at radius 1 is 1.18 bits per heavy atom. The Hall–Kier alpha value is 0.0300. The van der Waals surface area contributed by atoms with Gasteiger partial charge in [0.05, 0.1) is 9.16 Å². The van der Waals surface area contributed by atoms with Crippen LogP contribution in [0.1, 0.15) is 15.8 Å². The second-order valence-corrected chi connectivity index (χ2v) is 6.99. The number of benzene rings is 1. The number of rotatable bonds is 2. The molecule has 0 radical (unpaired) electrons. The largest absolute Gasteiger partial charge is 0.207 e. The Kier molecular flexibility index (Phi) is 4.23. The Morgan fingerprint density at radius 3 is 2.47 bits per heavy atom. The van der Waals surface area contributed by atoms with Crippen LogP contribution < -0.4 is 0 Å². The van der Waals surface area contributed by atoms with E-state index in [9.17, 15) is 8.78 Å². The third-order valence-corrected chi connectivity index (χ3v) is 6.07. The summed E-state index contributed by atoms with van der Waals surface area (Å²) in [5.41, 5.74) is 0.146. The molecule has 17 heavy (non-hydrogen) atoms. The molecular weight excluding hydrogens is 397 g/mol. The molecule has 2 rings (SSSR count). The van der Waals surface area contributed by atoms with Crippen LogP contribution in [0.5, 0.6) is 0 Å². The van der Waals surface area contributed by atoms with E-state index in [0.717, 1.165) is 31.3 Å². The fourth-order valence-corrected chi connectivity index (χ4v) is 3.80. The summed E-state index contributed by atoms with van der Waals surface area (Å²) in [7, 11) is 0. The molecule has 0 saturated heterocycles. The normalized spacial score (nSPS) is 12.8. The molecule has 0 aliphatic heterocycles. The number of hydrogen-bond donors (Lipinski definition) is 0. The van der Waals surface area contributed by atoms with E-state index in [4.69, 9.17) is 11.6 Å². The number of halogens is 5. The van der Waals surface area contributed by atoms with Crippen LogP contribution in [0.25, 0.3) is 0 Å². The second kappa shape index (κ2) is 5.34. The van der Waals surface area contributed by atoms with Gasteiger partial charge < -0.3 is 0 Å². The zero-order valence-electron chi connectivity index (χ0n) is 8.18. The highest BCUT2D eigenvalue weighted by molar-refractivity contribution is 9.13. The molecule has 2 aromatic rings. The molecule has 0 aliphatic rings. The van der Waals surface area contributed by atoms with E-state index in [1.165, 1.54) is 11.3 Å². The second-order valence-electron chi connectivity index (χ2n) is 3.30. The van der Waals surface area contributed by atoms with Crippen LogP contribution >= 0.6 is 54.8 Å². The van der Waals surface area contributed by atoms with Crippen LogP contribution in [0.4, 0.5) is 8.78 Å². The molecule has 0 spiro atoms. The van der Waals surface area contributed by atoms with Crippen LogP contribution in [0, 0.1) is 11.6 Å². The first-order valence-electron chi connectivity index (χ1n) is 4.53. The van der Waals surface area contributed by atoms with Gasteiger partial charge >= 0.3 is 0 Å². The predicted octanol–water partition coefficient (Wildman–Crippen LogP) is 5.88. The maximum Gasteiger partial charge on any atom is 0.128 e. The minimum atomic E-state index is -0.696. The monoisotopic (exact) mass is 400 g/mol. The predicted molar refractivity (Wildman–Crippen MR) is 73.8 cm³/mol. The van der Waals surface area contributed by atoms with Gasteiger partial charge in [0.2, 0.25) is 0 Å². The first kappa shape index (κ1) is 13.5. The van der Waals surface area contributed by atoms with Crippen molar-refractivity contribution >= 4 is 54.8 Å². The summed E-state index contributed by atoms with van der Waals surface area (Å²) in [5.74, 6) is -1.01. The molecule has 0 fully saturated rings. The van der Waals surface area contributed by atoms with Crippen molar-refractivity contribution in [2.45, 2.75) is 5.38 Å². The van der Waals surface area contributed by atoms with Gasteiger partial charge in [0, 0.05) is 14.9 Å². The van der Waals surface area contributed by atoms with Gasteiger partial charge in [-0.05, 0) is 56.1 Å². The maximum absolute atomic E-state index is 13.5. The molecule has 0 aliphatic carbocycles. The highest BCUT2D eigenvalue weighted by Crippen LogP contribution is 2.41. The van der Waals surface area contributed by atoms with Gasteiger partial charge in [-0.1, -0.05) is 0 Å². The van der Waals surface area contributed by atoms with E-state index >= 15 is 0 Å². The summed E-state index contributed by atoms with van der Waals surface area (Å²) < 4.78 is 28.3.